The maximum atomic E-state index is 11.3. The Morgan fingerprint density at radius 3 is 2.23 bits per heavy atom. The second kappa shape index (κ2) is 9.52. The predicted molar refractivity (Wildman–Crippen MR) is 110 cm³/mol. The van der Waals surface area contributed by atoms with Gasteiger partial charge in [-0.1, -0.05) is 37.3 Å². The average Bonchev–Trinajstić information content (AvgIpc) is 2.40. The molecule has 0 bridgehead atoms. The number of hydrogen-bond donors (Lipinski definition) is 2. The van der Waals surface area contributed by atoms with E-state index in [4.69, 9.17) is 4.74 Å². The molecule has 1 aromatic rings. The van der Waals surface area contributed by atoms with Gasteiger partial charge in [-0.2, -0.15) is 0 Å². The molecule has 0 aliphatic rings. The molecule has 2 N–H and O–H groups in total. The molecule has 0 aliphatic heterocycles. The van der Waals surface area contributed by atoms with Crippen molar-refractivity contribution in [2.24, 2.45) is 0 Å². The lowest BCUT2D eigenvalue weighted by Crippen LogP contribution is -2.59. The van der Waals surface area contributed by atoms with E-state index in [1.54, 1.807) is 0 Å². The molecule has 0 aliphatic carbocycles. The van der Waals surface area contributed by atoms with Crippen LogP contribution < -0.4 is 5.32 Å². The van der Waals surface area contributed by atoms with E-state index in [-0.39, 0.29) is 25.0 Å². The van der Waals surface area contributed by atoms with Gasteiger partial charge in [0.15, 0.2) is 0 Å². The van der Waals surface area contributed by atoms with Crippen LogP contribution in [0.3, 0.4) is 0 Å². The molecule has 0 saturated carbocycles. The molecular formula is C22H39NO3. The molecule has 0 aromatic heterocycles. The van der Waals surface area contributed by atoms with E-state index in [9.17, 15) is 9.90 Å². The molecule has 0 spiro atoms. The van der Waals surface area contributed by atoms with Crippen molar-refractivity contribution < 1.29 is 14.6 Å². The van der Waals surface area contributed by atoms with Crippen LogP contribution >= 0.6 is 0 Å². The number of benzene rings is 1. The van der Waals surface area contributed by atoms with Gasteiger partial charge in [0.2, 0.25) is 0 Å². The Morgan fingerprint density at radius 1 is 1.15 bits per heavy atom. The van der Waals surface area contributed by atoms with E-state index in [1.165, 1.54) is 11.1 Å². The highest BCUT2D eigenvalue weighted by Crippen LogP contribution is 2.26. The van der Waals surface area contributed by atoms with Crippen molar-refractivity contribution in [3.63, 3.8) is 0 Å². The fourth-order valence-electron chi connectivity index (χ4n) is 3.06. The fourth-order valence-corrected chi connectivity index (χ4v) is 3.06. The number of aliphatic carboxylic acids is 1. The standard InChI is InChI=1S/C21H35NO3.CH4/c1-16-9-8-10-17(13-16)14-21(12-11-18(23)24,22-19(2,3)4)15-25-20(5,6)7;/h8-10,13,22H,11-12,14-15H2,1-7H3,(H,23,24);1H4/t21-;/m1./s1. The number of carboxylic acids is 1. The van der Waals surface area contributed by atoms with Crippen molar-refractivity contribution in [1.82, 2.24) is 5.32 Å². The number of aryl methyl sites for hydroxylation is 1. The summed E-state index contributed by atoms with van der Waals surface area (Å²) in [6.07, 6.45) is 1.36. The summed E-state index contributed by atoms with van der Waals surface area (Å²) in [6, 6.07) is 8.39. The zero-order chi connectivity index (χ0) is 19.3. The third-order valence-corrected chi connectivity index (χ3v) is 3.86. The van der Waals surface area contributed by atoms with Crippen LogP contribution in [0.25, 0.3) is 0 Å². The average molecular weight is 366 g/mol. The van der Waals surface area contributed by atoms with Gasteiger partial charge in [-0.3, -0.25) is 4.79 Å². The quantitative estimate of drug-likeness (QED) is 0.682. The first-order chi connectivity index (χ1) is 11.3. The molecule has 150 valence electrons. The highest BCUT2D eigenvalue weighted by atomic mass is 16.5. The summed E-state index contributed by atoms with van der Waals surface area (Å²) in [5.74, 6) is -0.778. The Kier molecular flexibility index (Phi) is 9.01. The monoisotopic (exact) mass is 365 g/mol. The predicted octanol–water partition coefficient (Wildman–Crippen LogP) is 4.98. The summed E-state index contributed by atoms with van der Waals surface area (Å²) < 4.78 is 6.12. The van der Waals surface area contributed by atoms with Gasteiger partial charge < -0.3 is 15.2 Å². The maximum Gasteiger partial charge on any atom is 0.303 e. The molecule has 1 aromatic carbocycles. The first-order valence-electron chi connectivity index (χ1n) is 9.01. The highest BCUT2D eigenvalue weighted by Gasteiger charge is 2.36. The lowest BCUT2D eigenvalue weighted by atomic mass is 9.84. The highest BCUT2D eigenvalue weighted by molar-refractivity contribution is 5.66. The number of ether oxygens (including phenoxy) is 1. The van der Waals surface area contributed by atoms with Gasteiger partial charge in [0.05, 0.1) is 12.2 Å². The van der Waals surface area contributed by atoms with Gasteiger partial charge in [0.1, 0.15) is 0 Å². The smallest absolute Gasteiger partial charge is 0.303 e. The van der Waals surface area contributed by atoms with Crippen molar-refractivity contribution in [3.05, 3.63) is 35.4 Å². The summed E-state index contributed by atoms with van der Waals surface area (Å²) in [4.78, 5) is 11.3. The first kappa shape index (κ1) is 24.6. The number of carbonyl (C=O) groups is 1. The Morgan fingerprint density at radius 2 is 1.77 bits per heavy atom. The van der Waals surface area contributed by atoms with Crippen LogP contribution in [0, 0.1) is 6.92 Å². The van der Waals surface area contributed by atoms with Crippen LogP contribution in [-0.4, -0.2) is 34.4 Å². The van der Waals surface area contributed by atoms with E-state index in [2.05, 4.69) is 51.2 Å². The fraction of sp³-hybridized carbons (Fsp3) is 0.682. The van der Waals surface area contributed by atoms with Crippen molar-refractivity contribution in [2.45, 2.75) is 91.8 Å². The second-order valence-electron chi connectivity index (χ2n) is 9.12. The minimum Gasteiger partial charge on any atom is -0.481 e. The summed E-state index contributed by atoms with van der Waals surface area (Å²) in [5.41, 5.74) is 1.54. The lowest BCUT2D eigenvalue weighted by Gasteiger charge is -2.42. The topological polar surface area (TPSA) is 58.6 Å². The molecule has 4 heteroatoms. The second-order valence-corrected chi connectivity index (χ2v) is 9.12. The van der Waals surface area contributed by atoms with Crippen LogP contribution in [0.1, 0.15) is 72.9 Å². The van der Waals surface area contributed by atoms with Crippen LogP contribution in [0.2, 0.25) is 0 Å². The molecule has 0 unspecified atom stereocenters. The molecular weight excluding hydrogens is 326 g/mol. The Bertz CT molecular complexity index is 569. The van der Waals surface area contributed by atoms with Gasteiger partial charge in [-0.15, -0.1) is 0 Å². The largest absolute Gasteiger partial charge is 0.481 e. The molecule has 1 atom stereocenters. The first-order valence-corrected chi connectivity index (χ1v) is 9.01. The number of rotatable bonds is 8. The minimum absolute atomic E-state index is 0. The van der Waals surface area contributed by atoms with Crippen LogP contribution in [0.4, 0.5) is 0 Å². The third kappa shape index (κ3) is 9.93. The number of hydrogen-bond acceptors (Lipinski definition) is 3. The summed E-state index contributed by atoms with van der Waals surface area (Å²) in [6.45, 7) is 14.9. The lowest BCUT2D eigenvalue weighted by molar-refractivity contribution is -0.138. The van der Waals surface area contributed by atoms with Gasteiger partial charge in [0, 0.05) is 17.5 Å². The summed E-state index contributed by atoms with van der Waals surface area (Å²) in [5, 5.41) is 12.9. The molecule has 0 fully saturated rings. The van der Waals surface area contributed by atoms with Crippen molar-refractivity contribution >= 4 is 5.97 Å². The van der Waals surface area contributed by atoms with E-state index < -0.39 is 11.5 Å². The molecule has 26 heavy (non-hydrogen) atoms. The zero-order valence-corrected chi connectivity index (χ0v) is 16.9. The zero-order valence-electron chi connectivity index (χ0n) is 16.9. The van der Waals surface area contributed by atoms with Gasteiger partial charge >= 0.3 is 5.97 Å². The van der Waals surface area contributed by atoms with Crippen LogP contribution in [0.5, 0.6) is 0 Å². The van der Waals surface area contributed by atoms with Gasteiger partial charge in [-0.25, -0.2) is 0 Å². The molecule has 4 nitrogen and oxygen atoms in total. The third-order valence-electron chi connectivity index (χ3n) is 3.86. The summed E-state index contributed by atoms with van der Waals surface area (Å²) in [7, 11) is 0. The number of carboxylic acid groups (broad SMARTS) is 1. The Labute approximate surface area is 160 Å². The summed E-state index contributed by atoms with van der Waals surface area (Å²) >= 11 is 0. The van der Waals surface area contributed by atoms with E-state index >= 15 is 0 Å². The molecule has 0 radical (unpaired) electrons. The molecule has 0 saturated heterocycles. The minimum atomic E-state index is -0.778. The molecule has 0 heterocycles. The van der Waals surface area contributed by atoms with Gasteiger partial charge in [0.25, 0.3) is 0 Å². The SMILES string of the molecule is C.Cc1cccc(C[C@](CCC(=O)O)(COC(C)(C)C)NC(C)(C)C)c1. The van der Waals surface area contributed by atoms with E-state index in [0.29, 0.717) is 13.0 Å². The van der Waals surface area contributed by atoms with E-state index in [0.717, 1.165) is 6.42 Å². The van der Waals surface area contributed by atoms with Crippen LogP contribution in [-0.2, 0) is 16.0 Å². The van der Waals surface area contributed by atoms with Gasteiger partial charge in [-0.05, 0) is 66.9 Å². The maximum absolute atomic E-state index is 11.3. The van der Waals surface area contributed by atoms with Crippen molar-refractivity contribution in [2.75, 3.05) is 6.61 Å². The Hall–Kier alpha value is -1.39. The molecule has 0 amide bonds. The van der Waals surface area contributed by atoms with E-state index in [1.807, 2.05) is 26.8 Å². The molecule has 1 rings (SSSR count). The van der Waals surface area contributed by atoms with Crippen LogP contribution in [0.15, 0.2) is 24.3 Å². The normalized spacial score (nSPS) is 14.4. The van der Waals surface area contributed by atoms with Crippen molar-refractivity contribution in [3.8, 4) is 0 Å². The number of nitrogens with one attached hydrogen (secondary N) is 1. The Balaban J connectivity index is 0.00000625. The van der Waals surface area contributed by atoms with Crippen molar-refractivity contribution in [1.29, 1.82) is 0 Å².